The van der Waals surface area contributed by atoms with E-state index in [4.69, 9.17) is 11.6 Å². The molecule has 0 aliphatic rings. The average molecular weight is 240 g/mol. The largest absolute Gasteiger partial charge is 0.315 e. The van der Waals surface area contributed by atoms with E-state index in [1.807, 2.05) is 13.8 Å². The molecule has 0 heterocycles. The van der Waals surface area contributed by atoms with Crippen LogP contribution in [0.15, 0.2) is 12.1 Å². The summed E-state index contributed by atoms with van der Waals surface area (Å²) in [6.07, 6.45) is 0.380. The van der Waals surface area contributed by atoms with E-state index in [0.29, 0.717) is 12.3 Å². The molecule has 0 fully saturated rings. The lowest BCUT2D eigenvalue weighted by Gasteiger charge is -2.22. The molecule has 1 aromatic carbocycles. The Morgan fingerprint density at radius 3 is 2.19 bits per heavy atom. The van der Waals surface area contributed by atoms with Crippen molar-refractivity contribution in [3.8, 4) is 0 Å². The summed E-state index contributed by atoms with van der Waals surface area (Å²) in [5.74, 6) is 0.428. The molecule has 1 rings (SSSR count). The Balaban J connectivity index is 3.08. The van der Waals surface area contributed by atoms with Gasteiger partial charge in [-0.1, -0.05) is 17.7 Å². The smallest absolute Gasteiger partial charge is 0.227 e. The fourth-order valence-corrected chi connectivity index (χ4v) is 2.24. The fourth-order valence-electron chi connectivity index (χ4n) is 2.07. The summed E-state index contributed by atoms with van der Waals surface area (Å²) >= 11 is 5.59. The maximum atomic E-state index is 11.8. The van der Waals surface area contributed by atoms with Crippen LogP contribution in [0.5, 0.6) is 0 Å². The van der Waals surface area contributed by atoms with Crippen molar-refractivity contribution in [3.63, 3.8) is 0 Å². The Hall–Kier alpha value is -1.02. The number of hydrogen-bond acceptors (Lipinski definition) is 1. The van der Waals surface area contributed by atoms with Gasteiger partial charge in [0.05, 0.1) is 0 Å². The van der Waals surface area contributed by atoms with Crippen molar-refractivity contribution in [2.45, 2.75) is 27.2 Å². The molecule has 1 amide bonds. The zero-order valence-corrected chi connectivity index (χ0v) is 11.1. The Morgan fingerprint density at radius 1 is 1.25 bits per heavy atom. The highest BCUT2D eigenvalue weighted by Crippen LogP contribution is 2.25. The first-order valence-electron chi connectivity index (χ1n) is 5.37. The maximum Gasteiger partial charge on any atom is 0.227 e. The monoisotopic (exact) mass is 239 g/mol. The highest BCUT2D eigenvalue weighted by atomic mass is 35.5. The molecule has 0 saturated carbocycles. The molecule has 0 aliphatic carbocycles. The Kier molecular flexibility index (Phi) is 4.36. The van der Waals surface area contributed by atoms with E-state index in [2.05, 4.69) is 19.1 Å². The molecule has 3 heteroatoms. The third-order valence-electron chi connectivity index (χ3n) is 2.65. The van der Waals surface area contributed by atoms with Gasteiger partial charge in [0.15, 0.2) is 0 Å². The van der Waals surface area contributed by atoms with Crippen LogP contribution in [0.2, 0.25) is 0 Å². The molecule has 2 nitrogen and oxygen atoms in total. The molecule has 0 unspecified atom stereocenters. The van der Waals surface area contributed by atoms with Crippen LogP contribution in [-0.4, -0.2) is 18.8 Å². The van der Waals surface area contributed by atoms with Crippen molar-refractivity contribution >= 4 is 23.2 Å². The average Bonchev–Trinajstić information content (AvgIpc) is 2.16. The molecule has 0 bridgehead atoms. The molecule has 0 aromatic heterocycles. The summed E-state index contributed by atoms with van der Waals surface area (Å²) in [7, 11) is 1.81. The number of aryl methyl sites for hydroxylation is 3. The Labute approximate surface area is 102 Å². The highest BCUT2D eigenvalue weighted by Gasteiger charge is 2.14. The standard InChI is InChI=1S/C13H18ClNO/c1-9-7-10(2)13(11(3)8-9)15(4)12(16)5-6-14/h7-8H,5-6H2,1-4H3. The van der Waals surface area contributed by atoms with Crippen LogP contribution in [0.3, 0.4) is 0 Å². The van der Waals surface area contributed by atoms with Gasteiger partial charge in [-0.05, 0) is 31.9 Å². The molecule has 0 aliphatic heterocycles. The number of nitrogens with zero attached hydrogens (tertiary/aromatic N) is 1. The van der Waals surface area contributed by atoms with Gasteiger partial charge in [-0.2, -0.15) is 0 Å². The van der Waals surface area contributed by atoms with E-state index in [0.717, 1.165) is 16.8 Å². The molecule has 88 valence electrons. The van der Waals surface area contributed by atoms with Crippen LogP contribution in [0, 0.1) is 20.8 Å². The lowest BCUT2D eigenvalue weighted by Crippen LogP contribution is -2.27. The second kappa shape index (κ2) is 5.35. The molecular weight excluding hydrogens is 222 g/mol. The minimum atomic E-state index is 0.0602. The fraction of sp³-hybridized carbons (Fsp3) is 0.462. The first kappa shape index (κ1) is 13.0. The van der Waals surface area contributed by atoms with E-state index < -0.39 is 0 Å². The number of amides is 1. The van der Waals surface area contributed by atoms with Crippen LogP contribution >= 0.6 is 11.6 Å². The van der Waals surface area contributed by atoms with Crippen molar-refractivity contribution in [2.24, 2.45) is 0 Å². The van der Waals surface area contributed by atoms with Crippen LogP contribution in [0.25, 0.3) is 0 Å². The van der Waals surface area contributed by atoms with E-state index >= 15 is 0 Å². The summed E-state index contributed by atoms with van der Waals surface area (Å²) in [6.45, 7) is 6.12. The summed E-state index contributed by atoms with van der Waals surface area (Å²) in [5, 5.41) is 0. The van der Waals surface area contributed by atoms with Crippen molar-refractivity contribution < 1.29 is 4.79 Å². The van der Waals surface area contributed by atoms with Gasteiger partial charge in [0.2, 0.25) is 5.91 Å². The lowest BCUT2D eigenvalue weighted by molar-refractivity contribution is -0.117. The van der Waals surface area contributed by atoms with E-state index in [9.17, 15) is 4.79 Å². The van der Waals surface area contributed by atoms with Gasteiger partial charge in [-0.15, -0.1) is 11.6 Å². The SMILES string of the molecule is Cc1cc(C)c(N(C)C(=O)CCCl)c(C)c1. The zero-order valence-electron chi connectivity index (χ0n) is 10.3. The number of halogens is 1. The predicted molar refractivity (Wildman–Crippen MR) is 69.4 cm³/mol. The second-order valence-electron chi connectivity index (χ2n) is 4.14. The van der Waals surface area contributed by atoms with Crippen molar-refractivity contribution in [1.29, 1.82) is 0 Å². The normalized spacial score (nSPS) is 10.3. The van der Waals surface area contributed by atoms with Crippen LogP contribution < -0.4 is 4.90 Å². The molecular formula is C13H18ClNO. The summed E-state index contributed by atoms with van der Waals surface area (Å²) in [4.78, 5) is 13.5. The Morgan fingerprint density at radius 2 is 1.75 bits per heavy atom. The number of rotatable bonds is 3. The van der Waals surface area contributed by atoms with Crippen LogP contribution in [0.1, 0.15) is 23.1 Å². The molecule has 0 radical (unpaired) electrons. The maximum absolute atomic E-state index is 11.8. The predicted octanol–water partition coefficient (Wildman–Crippen LogP) is 3.20. The van der Waals surface area contributed by atoms with Gasteiger partial charge in [0.25, 0.3) is 0 Å². The van der Waals surface area contributed by atoms with Crippen molar-refractivity contribution in [3.05, 3.63) is 28.8 Å². The molecule has 0 spiro atoms. The molecule has 0 atom stereocenters. The lowest BCUT2D eigenvalue weighted by atomic mass is 10.0. The number of alkyl halides is 1. The molecule has 1 aromatic rings. The second-order valence-corrected chi connectivity index (χ2v) is 4.52. The van der Waals surface area contributed by atoms with Gasteiger partial charge in [0.1, 0.15) is 0 Å². The molecule has 0 saturated heterocycles. The van der Waals surface area contributed by atoms with Crippen molar-refractivity contribution in [1.82, 2.24) is 0 Å². The van der Waals surface area contributed by atoms with Gasteiger partial charge >= 0.3 is 0 Å². The van der Waals surface area contributed by atoms with Crippen LogP contribution in [-0.2, 0) is 4.79 Å². The highest BCUT2D eigenvalue weighted by molar-refractivity contribution is 6.19. The van der Waals surface area contributed by atoms with Crippen molar-refractivity contribution in [2.75, 3.05) is 17.8 Å². The minimum absolute atomic E-state index is 0.0602. The third kappa shape index (κ3) is 2.76. The zero-order chi connectivity index (χ0) is 12.3. The first-order valence-corrected chi connectivity index (χ1v) is 5.91. The topological polar surface area (TPSA) is 20.3 Å². The molecule has 0 N–H and O–H groups in total. The number of carbonyl (C=O) groups is 1. The van der Waals surface area contributed by atoms with Gasteiger partial charge < -0.3 is 4.90 Å². The number of hydrogen-bond donors (Lipinski definition) is 0. The quantitative estimate of drug-likeness (QED) is 0.742. The summed E-state index contributed by atoms with van der Waals surface area (Å²) < 4.78 is 0. The third-order valence-corrected chi connectivity index (χ3v) is 2.84. The summed E-state index contributed by atoms with van der Waals surface area (Å²) in [5.41, 5.74) is 4.48. The van der Waals surface area contributed by atoms with Gasteiger partial charge in [-0.3, -0.25) is 4.79 Å². The number of carbonyl (C=O) groups excluding carboxylic acids is 1. The van der Waals surface area contributed by atoms with Gasteiger partial charge in [-0.25, -0.2) is 0 Å². The van der Waals surface area contributed by atoms with E-state index in [1.54, 1.807) is 11.9 Å². The van der Waals surface area contributed by atoms with E-state index in [-0.39, 0.29) is 5.91 Å². The Bertz CT molecular complexity index is 378. The van der Waals surface area contributed by atoms with Crippen LogP contribution in [0.4, 0.5) is 5.69 Å². The number of benzene rings is 1. The number of anilines is 1. The van der Waals surface area contributed by atoms with Gasteiger partial charge in [0, 0.05) is 25.0 Å². The minimum Gasteiger partial charge on any atom is -0.315 e. The van der Waals surface area contributed by atoms with E-state index in [1.165, 1.54) is 5.56 Å². The summed E-state index contributed by atoms with van der Waals surface area (Å²) in [6, 6.07) is 4.18. The first-order chi connectivity index (χ1) is 7.47. The molecule has 16 heavy (non-hydrogen) atoms.